The van der Waals surface area contributed by atoms with E-state index in [-0.39, 0.29) is 11.1 Å². The van der Waals surface area contributed by atoms with Crippen LogP contribution in [0, 0.1) is 25.5 Å². The fraction of sp³-hybridized carbons (Fsp3) is 0.278. The number of aliphatic carboxylic acids is 1. The Balaban J connectivity index is 2.80. The Morgan fingerprint density at radius 3 is 2.12 bits per heavy atom. The first kappa shape index (κ1) is 18.9. The molecule has 2 aromatic carbocycles. The van der Waals surface area contributed by atoms with Gasteiger partial charge in [-0.1, -0.05) is 18.2 Å². The normalized spacial score (nSPS) is 11.6. The average molecular weight is 358 g/mol. The van der Waals surface area contributed by atoms with Crippen molar-refractivity contribution in [3.63, 3.8) is 0 Å². The van der Waals surface area contributed by atoms with Crippen LogP contribution in [0.3, 0.4) is 0 Å². The maximum Gasteiger partial charge on any atom is 0.419 e. The van der Waals surface area contributed by atoms with Crippen molar-refractivity contribution >= 4 is 5.97 Å². The van der Waals surface area contributed by atoms with E-state index in [2.05, 4.69) is 0 Å². The van der Waals surface area contributed by atoms with Crippen LogP contribution in [0.15, 0.2) is 24.3 Å². The van der Waals surface area contributed by atoms with E-state index in [4.69, 9.17) is 5.11 Å². The third-order valence-electron chi connectivity index (χ3n) is 3.94. The van der Waals surface area contributed by atoms with E-state index in [9.17, 15) is 26.7 Å². The van der Waals surface area contributed by atoms with E-state index >= 15 is 0 Å². The number of carbonyl (C=O) groups is 1. The molecule has 0 atom stereocenters. The van der Waals surface area contributed by atoms with Crippen LogP contribution < -0.4 is 0 Å². The predicted octanol–water partition coefficient (Wildman–Crippen LogP) is 5.28. The third kappa shape index (κ3) is 3.81. The molecule has 1 N–H and O–H groups in total. The Bertz CT molecular complexity index is 805. The topological polar surface area (TPSA) is 37.3 Å². The minimum atomic E-state index is -5.03. The van der Waals surface area contributed by atoms with Crippen LogP contribution in [0.2, 0.25) is 0 Å². The van der Waals surface area contributed by atoms with E-state index in [0.29, 0.717) is 17.2 Å². The van der Waals surface area contributed by atoms with Gasteiger partial charge in [0.1, 0.15) is 11.6 Å². The molecule has 0 aromatic heterocycles. The quantitative estimate of drug-likeness (QED) is 0.755. The molecular formula is C18H15F5O2. The van der Waals surface area contributed by atoms with E-state index < -0.39 is 47.7 Å². The zero-order valence-corrected chi connectivity index (χ0v) is 13.5. The average Bonchev–Trinajstić information content (AvgIpc) is 2.47. The molecule has 0 unspecified atom stereocenters. The molecule has 7 heteroatoms. The van der Waals surface area contributed by atoms with Crippen molar-refractivity contribution in [2.75, 3.05) is 0 Å². The van der Waals surface area contributed by atoms with E-state index in [1.807, 2.05) is 0 Å². The number of aryl methyl sites for hydroxylation is 2. The molecule has 0 aliphatic heterocycles. The lowest BCUT2D eigenvalue weighted by molar-refractivity contribution is -0.140. The molecule has 0 heterocycles. The fourth-order valence-electron chi connectivity index (χ4n) is 2.77. The van der Waals surface area contributed by atoms with Crippen molar-refractivity contribution in [3.8, 4) is 11.1 Å². The number of benzene rings is 2. The highest BCUT2D eigenvalue weighted by Crippen LogP contribution is 2.39. The summed E-state index contributed by atoms with van der Waals surface area (Å²) in [7, 11) is 0. The van der Waals surface area contributed by atoms with E-state index in [1.165, 1.54) is 0 Å². The Labute approximate surface area is 140 Å². The van der Waals surface area contributed by atoms with Gasteiger partial charge in [-0.3, -0.25) is 4.79 Å². The fourth-order valence-corrected chi connectivity index (χ4v) is 2.77. The van der Waals surface area contributed by atoms with Crippen molar-refractivity contribution in [1.82, 2.24) is 0 Å². The predicted molar refractivity (Wildman–Crippen MR) is 82.2 cm³/mol. The Hall–Kier alpha value is -2.44. The molecule has 0 fully saturated rings. The second-order valence-electron chi connectivity index (χ2n) is 5.74. The third-order valence-corrected chi connectivity index (χ3v) is 3.94. The second-order valence-corrected chi connectivity index (χ2v) is 5.74. The zero-order valence-electron chi connectivity index (χ0n) is 13.5. The lowest BCUT2D eigenvalue weighted by Crippen LogP contribution is -2.14. The minimum Gasteiger partial charge on any atom is -0.481 e. The van der Waals surface area contributed by atoms with Gasteiger partial charge in [0.15, 0.2) is 0 Å². The van der Waals surface area contributed by atoms with Crippen molar-refractivity contribution in [1.29, 1.82) is 0 Å². The van der Waals surface area contributed by atoms with Crippen LogP contribution in [-0.4, -0.2) is 11.1 Å². The Morgan fingerprint density at radius 2 is 1.64 bits per heavy atom. The Morgan fingerprint density at radius 1 is 1.08 bits per heavy atom. The molecule has 0 spiro atoms. The number of halogens is 5. The second kappa shape index (κ2) is 6.82. The van der Waals surface area contributed by atoms with Gasteiger partial charge < -0.3 is 5.11 Å². The molecule has 0 amide bonds. The summed E-state index contributed by atoms with van der Waals surface area (Å²) in [4.78, 5) is 10.7. The first-order valence-electron chi connectivity index (χ1n) is 7.40. The Kier molecular flexibility index (Phi) is 5.15. The molecule has 0 saturated heterocycles. The van der Waals surface area contributed by atoms with Gasteiger partial charge in [0.2, 0.25) is 0 Å². The van der Waals surface area contributed by atoms with Crippen LogP contribution >= 0.6 is 0 Å². The number of carboxylic acids is 1. The van der Waals surface area contributed by atoms with Crippen LogP contribution in [0.5, 0.6) is 0 Å². The summed E-state index contributed by atoms with van der Waals surface area (Å²) in [6.45, 7) is 3.21. The van der Waals surface area contributed by atoms with Gasteiger partial charge in [0.05, 0.1) is 5.56 Å². The summed E-state index contributed by atoms with van der Waals surface area (Å²) >= 11 is 0. The number of carboxylic acid groups (broad SMARTS) is 1. The summed E-state index contributed by atoms with van der Waals surface area (Å²) in [5.41, 5.74) is -1.56. The van der Waals surface area contributed by atoms with Gasteiger partial charge >= 0.3 is 12.1 Å². The molecule has 0 aliphatic rings. The largest absolute Gasteiger partial charge is 0.481 e. The summed E-state index contributed by atoms with van der Waals surface area (Å²) in [5.74, 6) is -4.28. The van der Waals surface area contributed by atoms with Crippen LogP contribution in [-0.2, 0) is 17.4 Å². The smallest absolute Gasteiger partial charge is 0.419 e. The lowest BCUT2D eigenvalue weighted by atomic mass is 9.91. The number of hydrogen-bond donors (Lipinski definition) is 1. The summed E-state index contributed by atoms with van der Waals surface area (Å²) in [6, 6.07) is 5.33. The van der Waals surface area contributed by atoms with Crippen LogP contribution in [0.25, 0.3) is 11.1 Å². The van der Waals surface area contributed by atoms with Gasteiger partial charge in [-0.05, 0) is 43.0 Å². The zero-order chi connectivity index (χ0) is 18.9. The van der Waals surface area contributed by atoms with Crippen LogP contribution in [0.4, 0.5) is 22.0 Å². The molecule has 134 valence electrons. The summed E-state index contributed by atoms with van der Waals surface area (Å²) in [5, 5.41) is 8.69. The monoisotopic (exact) mass is 358 g/mol. The van der Waals surface area contributed by atoms with Gasteiger partial charge in [0, 0.05) is 17.5 Å². The highest BCUT2D eigenvalue weighted by atomic mass is 19.4. The molecule has 0 aliphatic carbocycles. The van der Waals surface area contributed by atoms with E-state index in [0.717, 1.165) is 0 Å². The molecule has 2 rings (SSSR count). The highest BCUT2D eigenvalue weighted by molar-refractivity contribution is 5.73. The highest BCUT2D eigenvalue weighted by Gasteiger charge is 2.37. The molecule has 0 radical (unpaired) electrons. The number of alkyl halides is 3. The molecular weight excluding hydrogens is 343 g/mol. The standard InChI is InChI=1S/C18H15F5O2/c1-9-4-3-5-10(2)15(9)12-8-13(18(21,22)23)17(20)11(16(12)19)6-7-14(24)25/h3-5,8H,6-7H2,1-2H3,(H,24,25). The SMILES string of the molecule is Cc1cccc(C)c1-c1cc(C(F)(F)F)c(F)c(CCC(=O)O)c1F. The number of hydrogen-bond acceptors (Lipinski definition) is 1. The maximum absolute atomic E-state index is 14.8. The van der Waals surface area contributed by atoms with Crippen LogP contribution in [0.1, 0.15) is 28.7 Å². The lowest BCUT2D eigenvalue weighted by Gasteiger charge is -2.18. The molecule has 2 nitrogen and oxygen atoms in total. The van der Waals surface area contributed by atoms with Crippen molar-refractivity contribution < 1.29 is 31.9 Å². The van der Waals surface area contributed by atoms with Gasteiger partial charge in [-0.25, -0.2) is 8.78 Å². The summed E-state index contributed by atoms with van der Waals surface area (Å²) in [6.07, 6.45) is -6.38. The first-order chi connectivity index (χ1) is 11.5. The molecule has 25 heavy (non-hydrogen) atoms. The van der Waals surface area contributed by atoms with Crippen molar-refractivity contribution in [3.05, 3.63) is 58.2 Å². The first-order valence-corrected chi connectivity index (χ1v) is 7.40. The minimum absolute atomic E-state index is 0.238. The van der Waals surface area contributed by atoms with Gasteiger partial charge in [-0.15, -0.1) is 0 Å². The van der Waals surface area contributed by atoms with E-state index in [1.54, 1.807) is 32.0 Å². The van der Waals surface area contributed by atoms with Gasteiger partial charge in [-0.2, -0.15) is 13.2 Å². The summed E-state index contributed by atoms with van der Waals surface area (Å²) < 4.78 is 68.6. The maximum atomic E-state index is 14.8. The van der Waals surface area contributed by atoms with Crippen molar-refractivity contribution in [2.45, 2.75) is 32.9 Å². The molecule has 0 saturated carbocycles. The molecule has 0 bridgehead atoms. The van der Waals surface area contributed by atoms with Gasteiger partial charge in [0.25, 0.3) is 0 Å². The number of rotatable bonds is 4. The van der Waals surface area contributed by atoms with Crippen molar-refractivity contribution in [2.24, 2.45) is 0 Å². The molecule has 2 aromatic rings.